The maximum absolute atomic E-state index is 13.0. The normalized spacial score (nSPS) is 15.2. The number of aryl methyl sites for hydroxylation is 1. The third-order valence-electron chi connectivity index (χ3n) is 5.07. The molecular formula is C23H28N2O2. The van der Waals surface area contributed by atoms with E-state index in [9.17, 15) is 9.59 Å². The van der Waals surface area contributed by atoms with Crippen molar-refractivity contribution in [2.75, 3.05) is 13.1 Å². The molecule has 142 valence electrons. The summed E-state index contributed by atoms with van der Waals surface area (Å²) in [6, 6.07) is 19.4. The minimum atomic E-state index is -0.492. The van der Waals surface area contributed by atoms with Gasteiger partial charge < -0.3 is 10.2 Å². The first-order chi connectivity index (χ1) is 13.2. The highest BCUT2D eigenvalue weighted by atomic mass is 16.2. The molecule has 4 heteroatoms. The summed E-state index contributed by atoms with van der Waals surface area (Å²) in [5, 5.41) is 3.00. The Morgan fingerprint density at radius 3 is 2.07 bits per heavy atom. The fraction of sp³-hybridized carbons (Fsp3) is 0.391. The Kier molecular flexibility index (Phi) is 7.03. The summed E-state index contributed by atoms with van der Waals surface area (Å²) in [4.78, 5) is 27.5. The van der Waals surface area contributed by atoms with Gasteiger partial charge in [-0.15, -0.1) is 0 Å². The van der Waals surface area contributed by atoms with E-state index in [0.717, 1.165) is 37.1 Å². The van der Waals surface area contributed by atoms with Crippen molar-refractivity contribution >= 4 is 11.8 Å². The van der Waals surface area contributed by atoms with Gasteiger partial charge in [0.05, 0.1) is 0 Å². The molecule has 2 aromatic rings. The summed E-state index contributed by atoms with van der Waals surface area (Å²) < 4.78 is 0. The van der Waals surface area contributed by atoms with Gasteiger partial charge in [0.1, 0.15) is 6.04 Å². The van der Waals surface area contributed by atoms with Gasteiger partial charge in [0.2, 0.25) is 11.8 Å². The Balaban J connectivity index is 1.63. The first kappa shape index (κ1) is 19.2. The molecular weight excluding hydrogens is 336 g/mol. The second-order valence-electron chi connectivity index (χ2n) is 7.18. The number of hydrogen-bond acceptors (Lipinski definition) is 2. The summed E-state index contributed by atoms with van der Waals surface area (Å²) in [6.45, 7) is 1.59. The van der Waals surface area contributed by atoms with Crippen LogP contribution in [0.2, 0.25) is 0 Å². The lowest BCUT2D eigenvalue weighted by molar-refractivity contribution is -0.137. The van der Waals surface area contributed by atoms with Crippen LogP contribution in [0.5, 0.6) is 0 Å². The average molecular weight is 364 g/mol. The molecule has 27 heavy (non-hydrogen) atoms. The Morgan fingerprint density at radius 1 is 0.852 bits per heavy atom. The van der Waals surface area contributed by atoms with E-state index < -0.39 is 6.04 Å². The number of nitrogens with zero attached hydrogens (tertiary/aromatic N) is 1. The van der Waals surface area contributed by atoms with Crippen molar-refractivity contribution in [3.8, 4) is 0 Å². The second kappa shape index (κ2) is 9.91. The number of amides is 2. The average Bonchev–Trinajstić information content (AvgIpc) is 2.73. The van der Waals surface area contributed by atoms with Gasteiger partial charge in [-0.05, 0) is 36.8 Å². The predicted molar refractivity (Wildman–Crippen MR) is 107 cm³/mol. The van der Waals surface area contributed by atoms with Crippen molar-refractivity contribution in [1.29, 1.82) is 0 Å². The zero-order valence-electron chi connectivity index (χ0n) is 15.8. The number of likely N-dealkylation sites (tertiary alicyclic amines) is 1. The predicted octanol–water partition coefficient (Wildman–Crippen LogP) is 3.36. The SMILES string of the molecule is O=C(CCc1ccccc1)N[C@@H](Cc1ccccc1)C(=O)N1CCCCC1. The number of carbonyl (C=O) groups excluding carboxylic acids is 2. The summed E-state index contributed by atoms with van der Waals surface area (Å²) in [6.07, 6.45) is 4.88. The molecule has 2 aromatic carbocycles. The van der Waals surface area contributed by atoms with Crippen LogP contribution in [-0.4, -0.2) is 35.8 Å². The van der Waals surface area contributed by atoms with Gasteiger partial charge in [-0.2, -0.15) is 0 Å². The van der Waals surface area contributed by atoms with Crippen LogP contribution in [0, 0.1) is 0 Å². The fourth-order valence-corrected chi connectivity index (χ4v) is 3.55. The summed E-state index contributed by atoms with van der Waals surface area (Å²) >= 11 is 0. The van der Waals surface area contributed by atoms with Crippen molar-refractivity contribution in [3.63, 3.8) is 0 Å². The van der Waals surface area contributed by atoms with Crippen LogP contribution in [0.3, 0.4) is 0 Å². The van der Waals surface area contributed by atoms with Crippen molar-refractivity contribution in [2.45, 2.75) is 44.6 Å². The third kappa shape index (κ3) is 5.95. The fourth-order valence-electron chi connectivity index (χ4n) is 3.55. The number of carbonyl (C=O) groups is 2. The zero-order chi connectivity index (χ0) is 18.9. The number of piperidine rings is 1. The van der Waals surface area contributed by atoms with Gasteiger partial charge in [-0.25, -0.2) is 0 Å². The largest absolute Gasteiger partial charge is 0.344 e. The van der Waals surface area contributed by atoms with E-state index in [1.165, 1.54) is 6.42 Å². The van der Waals surface area contributed by atoms with Crippen LogP contribution >= 0.6 is 0 Å². The topological polar surface area (TPSA) is 49.4 Å². The third-order valence-corrected chi connectivity index (χ3v) is 5.07. The Labute approximate surface area is 161 Å². The monoisotopic (exact) mass is 364 g/mol. The summed E-state index contributed by atoms with van der Waals surface area (Å²) in [5.41, 5.74) is 2.20. The molecule has 3 rings (SSSR count). The minimum absolute atomic E-state index is 0.0478. The summed E-state index contributed by atoms with van der Waals surface area (Å²) in [7, 11) is 0. The molecule has 0 bridgehead atoms. The van der Waals surface area contributed by atoms with Crippen LogP contribution in [-0.2, 0) is 22.4 Å². The molecule has 1 fully saturated rings. The standard InChI is InChI=1S/C23H28N2O2/c26-22(15-14-19-10-4-1-5-11-19)24-21(18-20-12-6-2-7-13-20)23(27)25-16-8-3-9-17-25/h1-2,4-7,10-13,21H,3,8-9,14-18H2,(H,24,26)/t21-/m0/s1. The van der Waals surface area contributed by atoms with Crippen LogP contribution in [0.25, 0.3) is 0 Å². The Hall–Kier alpha value is -2.62. The number of benzene rings is 2. The van der Waals surface area contributed by atoms with E-state index in [1.807, 2.05) is 65.6 Å². The molecule has 0 saturated carbocycles. The lowest BCUT2D eigenvalue weighted by Gasteiger charge is -2.31. The molecule has 1 saturated heterocycles. The molecule has 0 radical (unpaired) electrons. The van der Waals surface area contributed by atoms with Gasteiger partial charge in [0.25, 0.3) is 0 Å². The number of rotatable bonds is 7. The molecule has 1 N–H and O–H groups in total. The van der Waals surface area contributed by atoms with Gasteiger partial charge in [-0.3, -0.25) is 9.59 Å². The summed E-state index contributed by atoms with van der Waals surface area (Å²) in [5.74, 6) is -0.0169. The van der Waals surface area contributed by atoms with Crippen molar-refractivity contribution in [1.82, 2.24) is 10.2 Å². The molecule has 0 aliphatic carbocycles. The van der Waals surface area contributed by atoms with Crippen molar-refractivity contribution in [3.05, 3.63) is 71.8 Å². The van der Waals surface area contributed by atoms with Crippen molar-refractivity contribution < 1.29 is 9.59 Å². The maximum atomic E-state index is 13.0. The van der Waals surface area contributed by atoms with E-state index >= 15 is 0 Å². The van der Waals surface area contributed by atoms with Crippen LogP contribution < -0.4 is 5.32 Å². The highest BCUT2D eigenvalue weighted by Crippen LogP contribution is 2.13. The van der Waals surface area contributed by atoms with E-state index in [1.54, 1.807) is 0 Å². The first-order valence-electron chi connectivity index (χ1n) is 9.88. The first-order valence-corrected chi connectivity index (χ1v) is 9.88. The van der Waals surface area contributed by atoms with E-state index in [2.05, 4.69) is 5.32 Å². The number of hydrogen-bond donors (Lipinski definition) is 1. The zero-order valence-corrected chi connectivity index (χ0v) is 15.8. The molecule has 1 aliphatic rings. The molecule has 4 nitrogen and oxygen atoms in total. The van der Waals surface area contributed by atoms with Gasteiger partial charge in [-0.1, -0.05) is 60.7 Å². The van der Waals surface area contributed by atoms with E-state index in [4.69, 9.17) is 0 Å². The molecule has 0 spiro atoms. The second-order valence-corrected chi connectivity index (χ2v) is 7.18. The lowest BCUT2D eigenvalue weighted by atomic mass is 10.0. The van der Waals surface area contributed by atoms with Gasteiger partial charge >= 0.3 is 0 Å². The van der Waals surface area contributed by atoms with Crippen LogP contribution in [0.4, 0.5) is 0 Å². The molecule has 1 heterocycles. The van der Waals surface area contributed by atoms with Crippen LogP contribution in [0.15, 0.2) is 60.7 Å². The van der Waals surface area contributed by atoms with E-state index in [-0.39, 0.29) is 11.8 Å². The van der Waals surface area contributed by atoms with E-state index in [0.29, 0.717) is 19.3 Å². The van der Waals surface area contributed by atoms with Gasteiger partial charge in [0.15, 0.2) is 0 Å². The smallest absolute Gasteiger partial charge is 0.245 e. The van der Waals surface area contributed by atoms with Crippen molar-refractivity contribution in [2.24, 2.45) is 0 Å². The highest BCUT2D eigenvalue weighted by Gasteiger charge is 2.27. The Morgan fingerprint density at radius 2 is 1.44 bits per heavy atom. The molecule has 1 atom stereocenters. The quantitative estimate of drug-likeness (QED) is 0.819. The molecule has 0 unspecified atom stereocenters. The number of nitrogens with one attached hydrogen (secondary N) is 1. The Bertz CT molecular complexity index is 725. The maximum Gasteiger partial charge on any atom is 0.245 e. The minimum Gasteiger partial charge on any atom is -0.344 e. The van der Waals surface area contributed by atoms with Crippen LogP contribution in [0.1, 0.15) is 36.8 Å². The molecule has 2 amide bonds. The lowest BCUT2D eigenvalue weighted by Crippen LogP contribution is -2.51. The van der Waals surface area contributed by atoms with Gasteiger partial charge in [0, 0.05) is 25.9 Å². The molecule has 0 aromatic heterocycles. The molecule has 1 aliphatic heterocycles. The highest BCUT2D eigenvalue weighted by molar-refractivity contribution is 5.88.